The monoisotopic (exact) mass is 538 g/mol. The molecule has 0 aliphatic rings. The van der Waals surface area contributed by atoms with Gasteiger partial charge in [-0.3, -0.25) is 4.79 Å². The Kier molecular flexibility index (Phi) is 7.14. The largest absolute Gasteiger partial charge is 0.444 e. The van der Waals surface area contributed by atoms with Crippen LogP contribution in [0.1, 0.15) is 20.8 Å². The number of rotatable bonds is 6. The molecule has 0 aliphatic heterocycles. The highest BCUT2D eigenvalue weighted by atomic mass is 32.2. The van der Waals surface area contributed by atoms with Gasteiger partial charge < -0.3 is 21.1 Å². The quantitative estimate of drug-likeness (QED) is 0.304. The first-order chi connectivity index (χ1) is 17.8. The van der Waals surface area contributed by atoms with E-state index in [0.717, 1.165) is 10.0 Å². The maximum Gasteiger partial charge on any atom is 0.408 e. The number of hydrogen-bond donors (Lipinski definition) is 3. The van der Waals surface area contributed by atoms with Gasteiger partial charge in [-0.25, -0.2) is 21.6 Å². The van der Waals surface area contributed by atoms with Crippen LogP contribution >= 0.6 is 0 Å². The van der Waals surface area contributed by atoms with Crippen molar-refractivity contribution < 1.29 is 27.1 Å². The fraction of sp³-hybridized carbons (Fsp3) is 0.185. The summed E-state index contributed by atoms with van der Waals surface area (Å²) in [5.41, 5.74) is 7.04. The highest BCUT2D eigenvalue weighted by Gasteiger charge is 2.23. The molecule has 0 fully saturated rings. The summed E-state index contributed by atoms with van der Waals surface area (Å²) in [5.74, 6) is -1.13. The van der Waals surface area contributed by atoms with E-state index in [1.54, 1.807) is 57.2 Å². The van der Waals surface area contributed by atoms with E-state index in [-0.39, 0.29) is 28.3 Å². The lowest BCUT2D eigenvalue weighted by Crippen LogP contribution is -2.37. The molecule has 0 aliphatic carbocycles. The third-order valence-electron chi connectivity index (χ3n) is 5.46. The summed E-state index contributed by atoms with van der Waals surface area (Å²) in [5, 5.41) is 5.50. The van der Waals surface area contributed by atoms with Crippen molar-refractivity contribution >= 4 is 44.3 Å². The standard InChI is InChI=1S/C27H27FN4O5S/c1-27(2,3)37-26(34)30-15-25(33)31-23-13-17(9-12-22(23)29)21-16-32(24-14-18(28)10-11-20(21)24)38(35,36)19-7-5-4-6-8-19/h4-14,16H,15,29H2,1-3H3,(H,30,34)(H,31,33). The van der Waals surface area contributed by atoms with Crippen molar-refractivity contribution in [2.75, 3.05) is 17.6 Å². The van der Waals surface area contributed by atoms with Crippen LogP contribution in [0, 0.1) is 5.82 Å². The number of fused-ring (bicyclic) bond motifs is 1. The van der Waals surface area contributed by atoms with Crippen molar-refractivity contribution in [3.63, 3.8) is 0 Å². The summed E-state index contributed by atoms with van der Waals surface area (Å²) in [6.45, 7) is 4.76. The number of halogens is 1. The van der Waals surface area contributed by atoms with Crippen molar-refractivity contribution in [1.29, 1.82) is 0 Å². The van der Waals surface area contributed by atoms with Crippen molar-refractivity contribution in [2.45, 2.75) is 31.3 Å². The van der Waals surface area contributed by atoms with E-state index in [1.807, 2.05) is 0 Å². The molecule has 4 rings (SSSR count). The van der Waals surface area contributed by atoms with E-state index >= 15 is 0 Å². The molecule has 0 unspecified atom stereocenters. The Hall–Kier alpha value is -4.38. The molecule has 0 atom stereocenters. The lowest BCUT2D eigenvalue weighted by atomic mass is 10.0. The van der Waals surface area contributed by atoms with E-state index in [9.17, 15) is 22.4 Å². The van der Waals surface area contributed by atoms with Crippen LogP contribution in [-0.4, -0.2) is 36.5 Å². The highest BCUT2D eigenvalue weighted by Crippen LogP contribution is 2.36. The normalized spacial score (nSPS) is 11.8. The predicted octanol–water partition coefficient (Wildman–Crippen LogP) is 4.73. The second-order valence-corrected chi connectivity index (χ2v) is 11.3. The molecule has 0 saturated heterocycles. The van der Waals surface area contributed by atoms with Gasteiger partial charge in [-0.2, -0.15) is 0 Å². The number of carbonyl (C=O) groups excluding carboxylic acids is 2. The van der Waals surface area contributed by atoms with Gasteiger partial charge in [-0.1, -0.05) is 24.3 Å². The predicted molar refractivity (Wildman–Crippen MR) is 144 cm³/mol. The molecule has 38 heavy (non-hydrogen) atoms. The molecule has 0 saturated carbocycles. The molecular formula is C27H27FN4O5S. The van der Waals surface area contributed by atoms with Crippen molar-refractivity contribution in [3.8, 4) is 11.1 Å². The number of alkyl carbamates (subject to hydrolysis) is 1. The summed E-state index contributed by atoms with van der Waals surface area (Å²) >= 11 is 0. The average Bonchev–Trinajstić information content (AvgIpc) is 3.23. The van der Waals surface area contributed by atoms with Gasteiger partial charge in [0.15, 0.2) is 0 Å². The lowest BCUT2D eigenvalue weighted by molar-refractivity contribution is -0.115. The molecule has 3 aromatic carbocycles. The topological polar surface area (TPSA) is 133 Å². The van der Waals surface area contributed by atoms with Gasteiger partial charge in [-0.15, -0.1) is 0 Å². The number of anilines is 2. The number of hydrogen-bond acceptors (Lipinski definition) is 6. The SMILES string of the molecule is CC(C)(C)OC(=O)NCC(=O)Nc1cc(-c2cn(S(=O)(=O)c3ccccc3)c3cc(F)ccc23)ccc1N. The van der Waals surface area contributed by atoms with Crippen LogP contribution in [0.25, 0.3) is 22.0 Å². The summed E-state index contributed by atoms with van der Waals surface area (Å²) < 4.78 is 47.1. The minimum Gasteiger partial charge on any atom is -0.444 e. The molecule has 198 valence electrons. The van der Waals surface area contributed by atoms with Gasteiger partial charge in [0.1, 0.15) is 18.0 Å². The Morgan fingerprint density at radius 3 is 2.42 bits per heavy atom. The summed E-state index contributed by atoms with van der Waals surface area (Å²) in [7, 11) is -4.03. The van der Waals surface area contributed by atoms with E-state index in [4.69, 9.17) is 10.5 Å². The molecule has 2 amide bonds. The van der Waals surface area contributed by atoms with Crippen molar-refractivity contribution in [1.82, 2.24) is 9.29 Å². The van der Waals surface area contributed by atoms with Gasteiger partial charge in [0.2, 0.25) is 5.91 Å². The van der Waals surface area contributed by atoms with Crippen molar-refractivity contribution in [2.24, 2.45) is 0 Å². The molecule has 1 aromatic heterocycles. The van der Waals surface area contributed by atoms with Crippen LogP contribution in [0.5, 0.6) is 0 Å². The Bertz CT molecular complexity index is 1630. The third kappa shape index (κ3) is 5.78. The number of benzene rings is 3. The van der Waals surface area contributed by atoms with Gasteiger partial charge in [0.05, 0.1) is 21.8 Å². The average molecular weight is 539 g/mol. The molecule has 9 nitrogen and oxygen atoms in total. The van der Waals surface area contributed by atoms with E-state index in [1.165, 1.54) is 30.5 Å². The molecule has 4 aromatic rings. The molecule has 0 bridgehead atoms. The minimum atomic E-state index is -4.03. The second kappa shape index (κ2) is 10.2. The lowest BCUT2D eigenvalue weighted by Gasteiger charge is -2.19. The number of amides is 2. The van der Waals surface area contributed by atoms with E-state index in [0.29, 0.717) is 16.5 Å². The highest BCUT2D eigenvalue weighted by molar-refractivity contribution is 7.90. The first kappa shape index (κ1) is 26.7. The first-order valence-corrected chi connectivity index (χ1v) is 13.1. The molecule has 4 N–H and O–H groups in total. The zero-order valence-electron chi connectivity index (χ0n) is 21.0. The summed E-state index contributed by atoms with van der Waals surface area (Å²) in [6, 6.07) is 16.5. The fourth-order valence-corrected chi connectivity index (χ4v) is 5.18. The summed E-state index contributed by atoms with van der Waals surface area (Å²) in [4.78, 5) is 24.4. The number of nitrogen functional groups attached to an aromatic ring is 1. The number of nitrogens with two attached hydrogens (primary N) is 1. The Labute approximate surface area is 219 Å². The summed E-state index contributed by atoms with van der Waals surface area (Å²) in [6.07, 6.45) is 0.669. The van der Waals surface area contributed by atoms with Crippen LogP contribution < -0.4 is 16.4 Å². The second-order valence-electron chi connectivity index (χ2n) is 9.52. The van der Waals surface area contributed by atoms with Crippen LogP contribution in [0.2, 0.25) is 0 Å². The Morgan fingerprint density at radius 2 is 1.74 bits per heavy atom. The smallest absolute Gasteiger partial charge is 0.408 e. The number of ether oxygens (including phenoxy) is 1. The van der Waals surface area contributed by atoms with Gasteiger partial charge in [0.25, 0.3) is 10.0 Å². The van der Waals surface area contributed by atoms with Crippen LogP contribution in [-0.2, 0) is 19.6 Å². The maximum atomic E-state index is 14.2. The van der Waals surface area contributed by atoms with E-state index < -0.39 is 33.4 Å². The zero-order valence-corrected chi connectivity index (χ0v) is 21.8. The molecule has 0 radical (unpaired) electrons. The van der Waals surface area contributed by atoms with Gasteiger partial charge in [-0.05, 0) is 68.8 Å². The van der Waals surface area contributed by atoms with Crippen LogP contribution in [0.4, 0.5) is 20.6 Å². The van der Waals surface area contributed by atoms with Gasteiger partial charge >= 0.3 is 6.09 Å². The number of carbonyl (C=O) groups is 2. The Balaban J connectivity index is 1.68. The number of aromatic nitrogens is 1. The number of nitrogens with one attached hydrogen (secondary N) is 2. The van der Waals surface area contributed by atoms with Crippen molar-refractivity contribution in [3.05, 3.63) is 78.7 Å². The molecule has 11 heteroatoms. The molecule has 0 spiro atoms. The molecular weight excluding hydrogens is 511 g/mol. The van der Waals surface area contributed by atoms with E-state index in [2.05, 4.69) is 10.6 Å². The fourth-order valence-electron chi connectivity index (χ4n) is 3.80. The minimum absolute atomic E-state index is 0.0513. The Morgan fingerprint density at radius 1 is 1.03 bits per heavy atom. The van der Waals surface area contributed by atoms with Crippen LogP contribution in [0.15, 0.2) is 77.8 Å². The third-order valence-corrected chi connectivity index (χ3v) is 7.15. The molecule has 1 heterocycles. The number of nitrogens with zero attached hydrogens (tertiary/aromatic N) is 1. The maximum absolute atomic E-state index is 14.2. The zero-order chi connectivity index (χ0) is 27.7. The van der Waals surface area contributed by atoms with Gasteiger partial charge in [0, 0.05) is 17.1 Å². The van der Waals surface area contributed by atoms with Crippen LogP contribution in [0.3, 0.4) is 0 Å². The first-order valence-electron chi connectivity index (χ1n) is 11.6.